The average Bonchev–Trinajstić information content (AvgIpc) is 2.40. The second kappa shape index (κ2) is 6.68. The van der Waals surface area contributed by atoms with Crippen molar-refractivity contribution in [2.24, 2.45) is 0 Å². The number of piperazine rings is 1. The van der Waals surface area contributed by atoms with E-state index in [0.29, 0.717) is 6.54 Å². The molecule has 1 fully saturated rings. The first kappa shape index (κ1) is 14.0. The molecule has 0 unspecified atom stereocenters. The van der Waals surface area contributed by atoms with E-state index in [1.165, 1.54) is 0 Å². The summed E-state index contributed by atoms with van der Waals surface area (Å²) in [5, 5.41) is 6.35. The van der Waals surface area contributed by atoms with Gasteiger partial charge in [-0.05, 0) is 25.0 Å². The molecule has 0 aliphatic carbocycles. The molecule has 1 saturated heterocycles. The number of nitrogens with one attached hydrogen (secondary N) is 2. The molecular formula is C15H23N3O. The van der Waals surface area contributed by atoms with Gasteiger partial charge in [0.15, 0.2) is 0 Å². The fraction of sp³-hybridized carbons (Fsp3) is 0.533. The van der Waals surface area contributed by atoms with Crippen molar-refractivity contribution in [2.75, 3.05) is 39.3 Å². The Morgan fingerprint density at radius 2 is 1.89 bits per heavy atom. The average molecular weight is 261 g/mol. The Morgan fingerprint density at radius 3 is 2.53 bits per heavy atom. The van der Waals surface area contributed by atoms with Crippen molar-refractivity contribution in [3.05, 3.63) is 34.9 Å². The van der Waals surface area contributed by atoms with Gasteiger partial charge in [0.1, 0.15) is 0 Å². The number of nitrogens with zero attached hydrogens (tertiary/aromatic N) is 1. The maximum absolute atomic E-state index is 12.2. The van der Waals surface area contributed by atoms with Crippen LogP contribution in [0.3, 0.4) is 0 Å². The normalized spacial score (nSPS) is 16.3. The second-order valence-corrected chi connectivity index (χ2v) is 5.11. The molecule has 1 aromatic carbocycles. The third-order valence-corrected chi connectivity index (χ3v) is 3.63. The van der Waals surface area contributed by atoms with Crippen LogP contribution >= 0.6 is 0 Å². The summed E-state index contributed by atoms with van der Waals surface area (Å²) in [5.74, 6) is 0.0470. The lowest BCUT2D eigenvalue weighted by Gasteiger charge is -2.27. The lowest BCUT2D eigenvalue weighted by molar-refractivity contribution is 0.0946. The number of hydrogen-bond acceptors (Lipinski definition) is 3. The SMILES string of the molecule is Cc1cccc(C)c1C(=O)NCCN1CCNCC1. The molecule has 0 atom stereocenters. The van der Waals surface area contributed by atoms with E-state index in [2.05, 4.69) is 15.5 Å². The number of rotatable bonds is 4. The topological polar surface area (TPSA) is 44.4 Å². The van der Waals surface area contributed by atoms with E-state index in [1.807, 2.05) is 32.0 Å². The van der Waals surface area contributed by atoms with E-state index in [0.717, 1.165) is 49.4 Å². The van der Waals surface area contributed by atoms with Crippen LogP contribution in [0.1, 0.15) is 21.5 Å². The molecule has 104 valence electrons. The first-order valence-electron chi connectivity index (χ1n) is 6.96. The summed E-state index contributed by atoms with van der Waals surface area (Å²) in [6, 6.07) is 5.96. The number of amides is 1. The van der Waals surface area contributed by atoms with Crippen LogP contribution in [0.4, 0.5) is 0 Å². The van der Waals surface area contributed by atoms with E-state index in [9.17, 15) is 4.79 Å². The van der Waals surface area contributed by atoms with Gasteiger partial charge in [-0.2, -0.15) is 0 Å². The lowest BCUT2D eigenvalue weighted by Crippen LogP contribution is -2.46. The summed E-state index contributed by atoms with van der Waals surface area (Å²) in [6.45, 7) is 9.84. The Kier molecular flexibility index (Phi) is 4.93. The van der Waals surface area contributed by atoms with Crippen LogP contribution in [0.2, 0.25) is 0 Å². The second-order valence-electron chi connectivity index (χ2n) is 5.11. The Morgan fingerprint density at radius 1 is 1.26 bits per heavy atom. The zero-order valence-corrected chi connectivity index (χ0v) is 11.8. The zero-order valence-electron chi connectivity index (χ0n) is 11.8. The predicted octanol–water partition coefficient (Wildman–Crippen LogP) is 0.938. The van der Waals surface area contributed by atoms with Gasteiger partial charge in [0.25, 0.3) is 5.91 Å². The molecule has 1 aliphatic rings. The fourth-order valence-corrected chi connectivity index (χ4v) is 2.52. The van der Waals surface area contributed by atoms with Crippen LogP contribution in [-0.2, 0) is 0 Å². The van der Waals surface area contributed by atoms with Crippen LogP contribution < -0.4 is 10.6 Å². The van der Waals surface area contributed by atoms with Crippen molar-refractivity contribution in [1.82, 2.24) is 15.5 Å². The van der Waals surface area contributed by atoms with E-state index >= 15 is 0 Å². The fourth-order valence-electron chi connectivity index (χ4n) is 2.52. The van der Waals surface area contributed by atoms with Crippen LogP contribution in [0, 0.1) is 13.8 Å². The van der Waals surface area contributed by atoms with Gasteiger partial charge in [-0.25, -0.2) is 0 Å². The zero-order chi connectivity index (χ0) is 13.7. The number of aryl methyl sites for hydroxylation is 2. The molecule has 0 spiro atoms. The minimum Gasteiger partial charge on any atom is -0.351 e. The minimum atomic E-state index is 0.0470. The Hall–Kier alpha value is -1.39. The number of carbonyl (C=O) groups excluding carboxylic acids is 1. The van der Waals surface area contributed by atoms with Gasteiger partial charge in [0, 0.05) is 44.8 Å². The predicted molar refractivity (Wildman–Crippen MR) is 77.6 cm³/mol. The summed E-state index contributed by atoms with van der Waals surface area (Å²) >= 11 is 0. The quantitative estimate of drug-likeness (QED) is 0.848. The first-order chi connectivity index (χ1) is 9.18. The van der Waals surface area contributed by atoms with Gasteiger partial charge >= 0.3 is 0 Å². The molecule has 2 N–H and O–H groups in total. The van der Waals surface area contributed by atoms with Crippen molar-refractivity contribution in [1.29, 1.82) is 0 Å². The highest BCUT2D eigenvalue weighted by molar-refractivity contribution is 5.97. The van der Waals surface area contributed by atoms with E-state index < -0.39 is 0 Å². The molecule has 0 aromatic heterocycles. The highest BCUT2D eigenvalue weighted by Crippen LogP contribution is 2.12. The van der Waals surface area contributed by atoms with Gasteiger partial charge in [-0.3, -0.25) is 9.69 Å². The molecule has 1 heterocycles. The molecule has 4 nitrogen and oxygen atoms in total. The van der Waals surface area contributed by atoms with Crippen molar-refractivity contribution in [3.8, 4) is 0 Å². The van der Waals surface area contributed by atoms with E-state index in [4.69, 9.17) is 0 Å². The maximum Gasteiger partial charge on any atom is 0.251 e. The van der Waals surface area contributed by atoms with Crippen molar-refractivity contribution >= 4 is 5.91 Å². The summed E-state index contributed by atoms with van der Waals surface area (Å²) in [6.07, 6.45) is 0. The molecule has 1 aliphatic heterocycles. The smallest absolute Gasteiger partial charge is 0.251 e. The van der Waals surface area contributed by atoms with Crippen LogP contribution in [0.5, 0.6) is 0 Å². The number of benzene rings is 1. The monoisotopic (exact) mass is 261 g/mol. The Labute approximate surface area is 115 Å². The Balaban J connectivity index is 1.84. The minimum absolute atomic E-state index is 0.0470. The molecule has 4 heteroatoms. The molecule has 19 heavy (non-hydrogen) atoms. The third-order valence-electron chi connectivity index (χ3n) is 3.63. The van der Waals surface area contributed by atoms with Crippen molar-refractivity contribution in [3.63, 3.8) is 0 Å². The lowest BCUT2D eigenvalue weighted by atomic mass is 10.0. The largest absolute Gasteiger partial charge is 0.351 e. The van der Waals surface area contributed by atoms with E-state index in [-0.39, 0.29) is 5.91 Å². The van der Waals surface area contributed by atoms with Gasteiger partial charge < -0.3 is 10.6 Å². The summed E-state index contributed by atoms with van der Waals surface area (Å²) < 4.78 is 0. The molecule has 1 amide bonds. The summed E-state index contributed by atoms with van der Waals surface area (Å²) in [4.78, 5) is 14.6. The molecule has 1 aromatic rings. The summed E-state index contributed by atoms with van der Waals surface area (Å²) in [5.41, 5.74) is 2.90. The van der Waals surface area contributed by atoms with Crippen molar-refractivity contribution < 1.29 is 4.79 Å². The van der Waals surface area contributed by atoms with Gasteiger partial charge in [-0.1, -0.05) is 18.2 Å². The van der Waals surface area contributed by atoms with Crippen molar-refractivity contribution in [2.45, 2.75) is 13.8 Å². The van der Waals surface area contributed by atoms with Gasteiger partial charge in [-0.15, -0.1) is 0 Å². The molecular weight excluding hydrogens is 238 g/mol. The van der Waals surface area contributed by atoms with Gasteiger partial charge in [0.2, 0.25) is 0 Å². The Bertz CT molecular complexity index is 419. The first-order valence-corrected chi connectivity index (χ1v) is 6.96. The molecule has 0 bridgehead atoms. The number of carbonyl (C=O) groups is 1. The highest BCUT2D eigenvalue weighted by Gasteiger charge is 2.13. The molecule has 2 rings (SSSR count). The number of hydrogen-bond donors (Lipinski definition) is 2. The molecule has 0 saturated carbocycles. The standard InChI is InChI=1S/C15H23N3O/c1-12-4-3-5-13(2)14(12)15(19)17-8-11-18-9-6-16-7-10-18/h3-5,16H,6-11H2,1-2H3,(H,17,19). The van der Waals surface area contributed by atoms with Crippen LogP contribution in [-0.4, -0.2) is 50.1 Å². The van der Waals surface area contributed by atoms with Crippen LogP contribution in [0.15, 0.2) is 18.2 Å². The van der Waals surface area contributed by atoms with E-state index in [1.54, 1.807) is 0 Å². The van der Waals surface area contributed by atoms with Gasteiger partial charge in [0.05, 0.1) is 0 Å². The van der Waals surface area contributed by atoms with Crippen LogP contribution in [0.25, 0.3) is 0 Å². The molecule has 0 radical (unpaired) electrons. The third kappa shape index (κ3) is 3.78. The maximum atomic E-state index is 12.2. The highest BCUT2D eigenvalue weighted by atomic mass is 16.1. The summed E-state index contributed by atoms with van der Waals surface area (Å²) in [7, 11) is 0.